The molecule has 0 saturated heterocycles. The summed E-state index contributed by atoms with van der Waals surface area (Å²) in [7, 11) is 0. The Morgan fingerprint density at radius 3 is 2.58 bits per heavy atom. The topological polar surface area (TPSA) is 38.9 Å². The number of pyridine rings is 1. The highest BCUT2D eigenvalue weighted by molar-refractivity contribution is 5.14. The first kappa shape index (κ1) is 9.20. The van der Waals surface area contributed by atoms with Crippen LogP contribution in [0.2, 0.25) is 0 Å². The summed E-state index contributed by atoms with van der Waals surface area (Å²) in [6.45, 7) is 4.94. The molecule has 2 N–H and O–H groups in total. The average Bonchev–Trinajstić information content (AvgIpc) is 2.05. The highest BCUT2D eigenvalue weighted by atomic mass is 14.7. The smallest absolute Gasteiger partial charge is 0.0539 e. The molecule has 66 valence electrons. The first-order valence-corrected chi connectivity index (χ1v) is 4.36. The maximum Gasteiger partial charge on any atom is 0.0539 e. The zero-order valence-corrected chi connectivity index (χ0v) is 7.75. The molecule has 12 heavy (non-hydrogen) atoms. The number of nitrogens with two attached hydrogens (primary N) is 1. The number of hydrogen-bond donors (Lipinski definition) is 1. The lowest BCUT2D eigenvalue weighted by molar-refractivity contribution is 0.645. The minimum atomic E-state index is 0.530. The minimum Gasteiger partial charge on any atom is -0.325 e. The first-order valence-electron chi connectivity index (χ1n) is 4.36. The molecular formula is C10H16N2. The van der Waals surface area contributed by atoms with E-state index in [1.165, 1.54) is 5.56 Å². The molecule has 0 radical (unpaired) electrons. The molecule has 1 rings (SSSR count). The Balaban J connectivity index is 2.65. The van der Waals surface area contributed by atoms with Gasteiger partial charge in [-0.15, -0.1) is 0 Å². The molecule has 0 aliphatic carbocycles. The van der Waals surface area contributed by atoms with E-state index in [1.807, 2.05) is 12.3 Å². The standard InChI is InChI=1S/C10H16N2/c1-8(2)5-9-3-4-10(6-11)12-7-9/h3-4,7-8H,5-6,11H2,1-2H3. The summed E-state index contributed by atoms with van der Waals surface area (Å²) in [5.74, 6) is 0.690. The van der Waals surface area contributed by atoms with E-state index in [9.17, 15) is 0 Å². The van der Waals surface area contributed by atoms with Gasteiger partial charge in [0.15, 0.2) is 0 Å². The lowest BCUT2D eigenvalue weighted by atomic mass is 10.0. The van der Waals surface area contributed by atoms with Crippen molar-refractivity contribution in [1.29, 1.82) is 0 Å². The number of rotatable bonds is 3. The van der Waals surface area contributed by atoms with Crippen LogP contribution in [0.5, 0.6) is 0 Å². The van der Waals surface area contributed by atoms with Crippen molar-refractivity contribution in [3.05, 3.63) is 29.6 Å². The van der Waals surface area contributed by atoms with Crippen LogP contribution in [0.3, 0.4) is 0 Å². The van der Waals surface area contributed by atoms with E-state index in [4.69, 9.17) is 5.73 Å². The van der Waals surface area contributed by atoms with E-state index in [-0.39, 0.29) is 0 Å². The molecule has 1 aromatic rings. The van der Waals surface area contributed by atoms with E-state index in [0.29, 0.717) is 12.5 Å². The van der Waals surface area contributed by atoms with Crippen molar-refractivity contribution < 1.29 is 0 Å². The number of hydrogen-bond acceptors (Lipinski definition) is 2. The van der Waals surface area contributed by atoms with E-state index < -0.39 is 0 Å². The summed E-state index contributed by atoms with van der Waals surface area (Å²) in [4.78, 5) is 4.23. The predicted octanol–water partition coefficient (Wildman–Crippen LogP) is 1.74. The molecule has 0 aliphatic rings. The molecule has 1 aromatic heterocycles. The van der Waals surface area contributed by atoms with Crippen LogP contribution in [0.4, 0.5) is 0 Å². The molecular weight excluding hydrogens is 148 g/mol. The molecule has 2 heteroatoms. The maximum atomic E-state index is 5.44. The van der Waals surface area contributed by atoms with Crippen molar-refractivity contribution in [1.82, 2.24) is 4.98 Å². The number of aromatic nitrogens is 1. The summed E-state index contributed by atoms with van der Waals surface area (Å²) >= 11 is 0. The first-order chi connectivity index (χ1) is 5.72. The number of nitrogens with zero attached hydrogens (tertiary/aromatic N) is 1. The molecule has 2 nitrogen and oxygen atoms in total. The van der Waals surface area contributed by atoms with Gasteiger partial charge >= 0.3 is 0 Å². The van der Waals surface area contributed by atoms with Gasteiger partial charge in [0.05, 0.1) is 5.69 Å². The zero-order valence-electron chi connectivity index (χ0n) is 7.75. The maximum absolute atomic E-state index is 5.44. The summed E-state index contributed by atoms with van der Waals surface area (Å²) in [5.41, 5.74) is 7.69. The Morgan fingerprint density at radius 2 is 2.17 bits per heavy atom. The van der Waals surface area contributed by atoms with Crippen LogP contribution in [0.25, 0.3) is 0 Å². The summed E-state index contributed by atoms with van der Waals surface area (Å²) < 4.78 is 0. The molecule has 0 unspecified atom stereocenters. The van der Waals surface area contributed by atoms with Crippen LogP contribution >= 0.6 is 0 Å². The Morgan fingerprint density at radius 1 is 1.42 bits per heavy atom. The average molecular weight is 164 g/mol. The van der Waals surface area contributed by atoms with Crippen LogP contribution < -0.4 is 5.73 Å². The van der Waals surface area contributed by atoms with Crippen LogP contribution in [-0.4, -0.2) is 4.98 Å². The van der Waals surface area contributed by atoms with Gasteiger partial charge in [-0.1, -0.05) is 19.9 Å². The van der Waals surface area contributed by atoms with Crippen molar-refractivity contribution in [2.45, 2.75) is 26.8 Å². The van der Waals surface area contributed by atoms with Gasteiger partial charge in [-0.2, -0.15) is 0 Å². The van der Waals surface area contributed by atoms with Crippen LogP contribution in [0.1, 0.15) is 25.1 Å². The summed E-state index contributed by atoms with van der Waals surface area (Å²) in [5, 5.41) is 0. The SMILES string of the molecule is CC(C)Cc1ccc(CN)nc1. The lowest BCUT2D eigenvalue weighted by Crippen LogP contribution is -2.01. The highest BCUT2D eigenvalue weighted by Crippen LogP contribution is 2.06. The van der Waals surface area contributed by atoms with E-state index >= 15 is 0 Å². The second kappa shape index (κ2) is 4.21. The minimum absolute atomic E-state index is 0.530. The van der Waals surface area contributed by atoms with Gasteiger partial charge in [-0.05, 0) is 24.0 Å². The predicted molar refractivity (Wildman–Crippen MR) is 50.7 cm³/mol. The third-order valence-corrected chi connectivity index (χ3v) is 1.74. The quantitative estimate of drug-likeness (QED) is 0.739. The fourth-order valence-electron chi connectivity index (χ4n) is 1.17. The van der Waals surface area contributed by atoms with Gasteiger partial charge in [0.25, 0.3) is 0 Å². The van der Waals surface area contributed by atoms with E-state index in [2.05, 4.69) is 24.9 Å². The monoisotopic (exact) mass is 164 g/mol. The molecule has 0 aromatic carbocycles. The second-order valence-electron chi connectivity index (χ2n) is 3.46. The highest BCUT2D eigenvalue weighted by Gasteiger charge is 1.97. The van der Waals surface area contributed by atoms with Crippen molar-refractivity contribution in [3.8, 4) is 0 Å². The normalized spacial score (nSPS) is 10.7. The Kier molecular flexibility index (Phi) is 3.23. The third-order valence-electron chi connectivity index (χ3n) is 1.74. The van der Waals surface area contributed by atoms with Gasteiger partial charge in [-0.3, -0.25) is 4.98 Å². The van der Waals surface area contributed by atoms with Gasteiger partial charge in [0.1, 0.15) is 0 Å². The summed E-state index contributed by atoms with van der Waals surface area (Å²) in [6.07, 6.45) is 3.01. The van der Waals surface area contributed by atoms with Crippen LogP contribution in [-0.2, 0) is 13.0 Å². The lowest BCUT2D eigenvalue weighted by Gasteiger charge is -2.04. The van der Waals surface area contributed by atoms with Gasteiger partial charge in [0, 0.05) is 12.7 Å². The second-order valence-corrected chi connectivity index (χ2v) is 3.46. The van der Waals surface area contributed by atoms with Crippen LogP contribution in [0, 0.1) is 5.92 Å². The van der Waals surface area contributed by atoms with Crippen LogP contribution in [0.15, 0.2) is 18.3 Å². The van der Waals surface area contributed by atoms with Gasteiger partial charge in [0.2, 0.25) is 0 Å². The fraction of sp³-hybridized carbons (Fsp3) is 0.500. The van der Waals surface area contributed by atoms with Gasteiger partial charge < -0.3 is 5.73 Å². The van der Waals surface area contributed by atoms with E-state index in [0.717, 1.165) is 12.1 Å². The van der Waals surface area contributed by atoms with Crippen molar-refractivity contribution in [2.24, 2.45) is 11.7 Å². The zero-order chi connectivity index (χ0) is 8.97. The molecule has 0 spiro atoms. The third kappa shape index (κ3) is 2.62. The molecule has 0 atom stereocenters. The Labute approximate surface area is 73.8 Å². The Bertz CT molecular complexity index is 226. The summed E-state index contributed by atoms with van der Waals surface area (Å²) in [6, 6.07) is 4.10. The molecule has 0 fully saturated rings. The molecule has 0 amide bonds. The molecule has 0 aliphatic heterocycles. The molecule has 1 heterocycles. The Hall–Kier alpha value is -0.890. The largest absolute Gasteiger partial charge is 0.325 e. The molecule has 0 bridgehead atoms. The van der Waals surface area contributed by atoms with Gasteiger partial charge in [-0.25, -0.2) is 0 Å². The van der Waals surface area contributed by atoms with Crippen molar-refractivity contribution in [2.75, 3.05) is 0 Å². The van der Waals surface area contributed by atoms with E-state index in [1.54, 1.807) is 0 Å². The van der Waals surface area contributed by atoms with Crippen molar-refractivity contribution in [3.63, 3.8) is 0 Å². The van der Waals surface area contributed by atoms with Crippen molar-refractivity contribution >= 4 is 0 Å². The molecule has 0 saturated carbocycles. The fourth-order valence-corrected chi connectivity index (χ4v) is 1.17.